The van der Waals surface area contributed by atoms with Gasteiger partial charge in [-0.2, -0.15) is 0 Å². The molecule has 0 spiro atoms. The molecule has 5 heteroatoms. The molecule has 25 heavy (non-hydrogen) atoms. The average molecular weight is 355 g/mol. The Balaban J connectivity index is 1.65. The molecule has 4 rings (SSSR count). The molecule has 1 aliphatic rings. The van der Waals surface area contributed by atoms with E-state index in [9.17, 15) is 9.18 Å². The van der Waals surface area contributed by atoms with E-state index in [1.54, 1.807) is 24.3 Å². The Morgan fingerprint density at radius 3 is 2.72 bits per heavy atom. The fraction of sp³-hybridized carbons (Fsp3) is 0.200. The zero-order chi connectivity index (χ0) is 17.4. The van der Waals surface area contributed by atoms with E-state index >= 15 is 0 Å². The van der Waals surface area contributed by atoms with Crippen molar-refractivity contribution in [1.82, 2.24) is 9.88 Å². The number of aromatic nitrogens is 1. The molecule has 1 aromatic heterocycles. The minimum absolute atomic E-state index is 0.00728. The van der Waals surface area contributed by atoms with Crippen molar-refractivity contribution in [3.05, 3.63) is 76.7 Å². The number of benzene rings is 2. The summed E-state index contributed by atoms with van der Waals surface area (Å²) in [5.41, 5.74) is 2.37. The summed E-state index contributed by atoms with van der Waals surface area (Å²) in [4.78, 5) is 19.1. The fourth-order valence-corrected chi connectivity index (χ4v) is 3.59. The Morgan fingerprint density at radius 1 is 1.12 bits per heavy atom. The standard InChI is InChI=1S/C20H16ClFN2O/c21-19-10-6-14-12-15(5-9-17(14)23-19)20(25)24-11-1-2-18(24)13-3-7-16(22)8-4-13/h3-10,12,18H,1-2,11H2. The van der Waals surface area contributed by atoms with Crippen molar-refractivity contribution in [3.8, 4) is 0 Å². The average Bonchev–Trinajstić information content (AvgIpc) is 3.11. The number of pyridine rings is 1. The summed E-state index contributed by atoms with van der Waals surface area (Å²) in [6, 6.07) is 15.4. The molecule has 0 saturated carbocycles. The second-order valence-electron chi connectivity index (χ2n) is 6.25. The molecule has 2 aromatic carbocycles. The van der Waals surface area contributed by atoms with Gasteiger partial charge in [0.15, 0.2) is 0 Å². The summed E-state index contributed by atoms with van der Waals surface area (Å²) in [5.74, 6) is -0.274. The highest BCUT2D eigenvalue weighted by atomic mass is 35.5. The van der Waals surface area contributed by atoms with E-state index in [1.165, 1.54) is 12.1 Å². The highest BCUT2D eigenvalue weighted by molar-refractivity contribution is 6.29. The van der Waals surface area contributed by atoms with Crippen LogP contribution in [0.15, 0.2) is 54.6 Å². The van der Waals surface area contributed by atoms with Crippen molar-refractivity contribution in [2.75, 3.05) is 6.54 Å². The Labute approximate surface area is 150 Å². The van der Waals surface area contributed by atoms with Crippen molar-refractivity contribution < 1.29 is 9.18 Å². The van der Waals surface area contributed by atoms with E-state index in [0.717, 1.165) is 29.3 Å². The zero-order valence-electron chi connectivity index (χ0n) is 13.5. The number of nitrogens with zero attached hydrogens (tertiary/aromatic N) is 2. The van der Waals surface area contributed by atoms with E-state index in [1.807, 2.05) is 23.1 Å². The van der Waals surface area contributed by atoms with Crippen LogP contribution in [0.2, 0.25) is 5.15 Å². The summed E-state index contributed by atoms with van der Waals surface area (Å²) in [6.45, 7) is 0.706. The molecule has 0 bridgehead atoms. The van der Waals surface area contributed by atoms with Crippen LogP contribution in [-0.2, 0) is 0 Å². The zero-order valence-corrected chi connectivity index (χ0v) is 14.2. The molecule has 2 heterocycles. The second kappa shape index (κ2) is 6.45. The van der Waals surface area contributed by atoms with Gasteiger partial charge in [-0.15, -0.1) is 0 Å². The van der Waals surface area contributed by atoms with E-state index in [-0.39, 0.29) is 17.8 Å². The third-order valence-electron chi connectivity index (χ3n) is 4.67. The maximum Gasteiger partial charge on any atom is 0.254 e. The first-order chi connectivity index (χ1) is 12.1. The lowest BCUT2D eigenvalue weighted by molar-refractivity contribution is 0.0736. The first-order valence-corrected chi connectivity index (χ1v) is 8.62. The van der Waals surface area contributed by atoms with Gasteiger partial charge in [-0.1, -0.05) is 23.7 Å². The number of rotatable bonds is 2. The van der Waals surface area contributed by atoms with Crippen molar-refractivity contribution in [3.63, 3.8) is 0 Å². The molecule has 1 fully saturated rings. The van der Waals surface area contributed by atoms with E-state index in [2.05, 4.69) is 4.98 Å². The van der Waals surface area contributed by atoms with Crippen LogP contribution in [0.5, 0.6) is 0 Å². The van der Waals surface area contributed by atoms with Gasteiger partial charge in [0.2, 0.25) is 0 Å². The van der Waals surface area contributed by atoms with Crippen molar-refractivity contribution >= 4 is 28.4 Å². The molecule has 1 unspecified atom stereocenters. The number of carbonyl (C=O) groups is 1. The molecule has 0 aliphatic carbocycles. The minimum atomic E-state index is -0.264. The molecule has 0 radical (unpaired) electrons. The van der Waals surface area contributed by atoms with Crippen molar-refractivity contribution in [1.29, 1.82) is 0 Å². The molecule has 1 atom stereocenters. The van der Waals surface area contributed by atoms with Gasteiger partial charge in [0.05, 0.1) is 11.6 Å². The Morgan fingerprint density at radius 2 is 1.92 bits per heavy atom. The van der Waals surface area contributed by atoms with Crippen LogP contribution in [0.25, 0.3) is 10.9 Å². The number of hydrogen-bond acceptors (Lipinski definition) is 2. The SMILES string of the molecule is O=C(c1ccc2nc(Cl)ccc2c1)N1CCCC1c1ccc(F)cc1. The van der Waals surface area contributed by atoms with Gasteiger partial charge in [0.1, 0.15) is 11.0 Å². The van der Waals surface area contributed by atoms with Crippen LogP contribution in [0, 0.1) is 5.82 Å². The number of carbonyl (C=O) groups excluding carboxylic acids is 1. The van der Waals surface area contributed by atoms with Gasteiger partial charge < -0.3 is 4.90 Å². The Hall–Kier alpha value is -2.46. The predicted octanol–water partition coefficient (Wildman–Crippen LogP) is 5.00. The lowest BCUT2D eigenvalue weighted by Gasteiger charge is -2.25. The lowest BCUT2D eigenvalue weighted by atomic mass is 10.0. The highest BCUT2D eigenvalue weighted by Gasteiger charge is 2.30. The first kappa shape index (κ1) is 16.0. The highest BCUT2D eigenvalue weighted by Crippen LogP contribution is 2.33. The largest absolute Gasteiger partial charge is 0.332 e. The topological polar surface area (TPSA) is 33.2 Å². The van der Waals surface area contributed by atoms with Crippen molar-refractivity contribution in [2.24, 2.45) is 0 Å². The quantitative estimate of drug-likeness (QED) is 0.606. The van der Waals surface area contributed by atoms with Crippen LogP contribution >= 0.6 is 11.6 Å². The number of likely N-dealkylation sites (tertiary alicyclic amines) is 1. The normalized spacial score (nSPS) is 17.2. The van der Waals surface area contributed by atoms with Crippen LogP contribution < -0.4 is 0 Å². The number of halogens is 2. The van der Waals surface area contributed by atoms with Gasteiger partial charge in [-0.05, 0) is 60.9 Å². The lowest BCUT2D eigenvalue weighted by Crippen LogP contribution is -2.30. The monoisotopic (exact) mass is 354 g/mol. The first-order valence-electron chi connectivity index (χ1n) is 8.24. The summed E-state index contributed by atoms with van der Waals surface area (Å²) >= 11 is 5.91. The predicted molar refractivity (Wildman–Crippen MR) is 96.2 cm³/mol. The van der Waals surface area contributed by atoms with Crippen LogP contribution in [0.1, 0.15) is 34.8 Å². The summed E-state index contributed by atoms with van der Waals surface area (Å²) < 4.78 is 13.2. The summed E-state index contributed by atoms with van der Waals surface area (Å²) in [6.07, 6.45) is 1.83. The summed E-state index contributed by atoms with van der Waals surface area (Å²) in [7, 11) is 0. The van der Waals surface area contributed by atoms with Gasteiger partial charge in [-0.25, -0.2) is 9.37 Å². The number of hydrogen-bond donors (Lipinski definition) is 0. The number of amides is 1. The van der Waals surface area contributed by atoms with Crippen LogP contribution in [0.3, 0.4) is 0 Å². The molecular weight excluding hydrogens is 339 g/mol. The van der Waals surface area contributed by atoms with Gasteiger partial charge in [0.25, 0.3) is 5.91 Å². The molecule has 0 N–H and O–H groups in total. The fourth-order valence-electron chi connectivity index (χ4n) is 3.44. The Bertz CT molecular complexity index is 942. The molecule has 3 nitrogen and oxygen atoms in total. The molecule has 1 aliphatic heterocycles. The van der Waals surface area contributed by atoms with E-state index in [4.69, 9.17) is 11.6 Å². The minimum Gasteiger partial charge on any atom is -0.332 e. The smallest absolute Gasteiger partial charge is 0.254 e. The molecular formula is C20H16ClFN2O. The van der Waals surface area contributed by atoms with Crippen LogP contribution in [0.4, 0.5) is 4.39 Å². The maximum absolute atomic E-state index is 13.2. The molecule has 1 amide bonds. The maximum atomic E-state index is 13.2. The molecule has 1 saturated heterocycles. The van der Waals surface area contributed by atoms with Gasteiger partial charge in [0, 0.05) is 17.5 Å². The van der Waals surface area contributed by atoms with Gasteiger partial charge >= 0.3 is 0 Å². The second-order valence-corrected chi connectivity index (χ2v) is 6.64. The van der Waals surface area contributed by atoms with Crippen LogP contribution in [-0.4, -0.2) is 22.3 Å². The molecule has 126 valence electrons. The van der Waals surface area contributed by atoms with E-state index < -0.39 is 0 Å². The van der Waals surface area contributed by atoms with Crippen molar-refractivity contribution in [2.45, 2.75) is 18.9 Å². The molecule has 3 aromatic rings. The third kappa shape index (κ3) is 3.10. The summed E-state index contributed by atoms with van der Waals surface area (Å²) in [5, 5.41) is 1.32. The van der Waals surface area contributed by atoms with E-state index in [0.29, 0.717) is 17.3 Å². The third-order valence-corrected chi connectivity index (χ3v) is 4.88. The Kier molecular flexibility index (Phi) is 4.14. The van der Waals surface area contributed by atoms with Gasteiger partial charge in [-0.3, -0.25) is 4.79 Å². The number of fused-ring (bicyclic) bond motifs is 1.